The summed E-state index contributed by atoms with van der Waals surface area (Å²) in [5, 5.41) is 5.88. The highest BCUT2D eigenvalue weighted by Gasteiger charge is 2.03. The van der Waals surface area contributed by atoms with Crippen LogP contribution in [-0.4, -0.2) is 24.9 Å². The molecule has 36 heavy (non-hydrogen) atoms. The fourth-order valence-electron chi connectivity index (χ4n) is 4.83. The van der Waals surface area contributed by atoms with E-state index in [-0.39, 0.29) is 11.8 Å². The summed E-state index contributed by atoms with van der Waals surface area (Å²) in [5.41, 5.74) is 0. The van der Waals surface area contributed by atoms with Crippen molar-refractivity contribution in [2.24, 2.45) is 0 Å². The minimum atomic E-state index is 0.122. The number of hydrogen-bond donors (Lipinski definition) is 2. The van der Waals surface area contributed by atoms with Gasteiger partial charge in [0.05, 0.1) is 0 Å². The molecule has 0 spiro atoms. The second-order valence-corrected chi connectivity index (χ2v) is 11.0. The number of carbonyl (C=O) groups is 2. The molecule has 0 aliphatic heterocycles. The lowest BCUT2D eigenvalue weighted by molar-refractivity contribution is -0.123. The number of hydrogen-bond acceptors (Lipinski definition) is 2. The highest BCUT2D eigenvalue weighted by molar-refractivity contribution is 5.77. The smallest absolute Gasteiger partial charge is 0.220 e. The van der Waals surface area contributed by atoms with E-state index in [1.54, 1.807) is 0 Å². The molecule has 0 unspecified atom stereocenters. The highest BCUT2D eigenvalue weighted by atomic mass is 16.2. The van der Waals surface area contributed by atoms with Gasteiger partial charge in [-0.3, -0.25) is 9.59 Å². The maximum atomic E-state index is 11.9. The zero-order chi connectivity index (χ0) is 26.4. The van der Waals surface area contributed by atoms with E-state index in [2.05, 4.69) is 24.5 Å². The summed E-state index contributed by atoms with van der Waals surface area (Å²) in [6.07, 6.45) is 32.7. The normalized spacial score (nSPS) is 11.1. The van der Waals surface area contributed by atoms with E-state index >= 15 is 0 Å². The predicted octanol–water partition coefficient (Wildman–Crippen LogP) is 9.40. The third-order valence-corrected chi connectivity index (χ3v) is 7.28. The summed E-state index contributed by atoms with van der Waals surface area (Å²) in [6.45, 7) is 5.62. The molecule has 0 heterocycles. The van der Waals surface area contributed by atoms with Gasteiger partial charge in [-0.05, 0) is 12.8 Å². The SMILES string of the molecule is CCCCCCCCCCCCCCCC(=O)NCCNC(=O)CCCCCCCCCCCCC. The maximum absolute atomic E-state index is 11.9. The van der Waals surface area contributed by atoms with Crippen molar-refractivity contribution in [2.75, 3.05) is 13.1 Å². The molecular weight excluding hydrogens is 444 g/mol. The number of rotatable bonds is 29. The van der Waals surface area contributed by atoms with E-state index in [1.165, 1.54) is 128 Å². The fourth-order valence-corrected chi connectivity index (χ4v) is 4.83. The van der Waals surface area contributed by atoms with Crippen molar-refractivity contribution >= 4 is 11.8 Å². The zero-order valence-electron chi connectivity index (χ0n) is 24.6. The summed E-state index contributed by atoms with van der Waals surface area (Å²) < 4.78 is 0. The van der Waals surface area contributed by atoms with E-state index in [4.69, 9.17) is 0 Å². The Kier molecular flexibility index (Phi) is 29.3. The molecule has 4 heteroatoms. The lowest BCUT2D eigenvalue weighted by Gasteiger charge is -2.07. The summed E-state index contributed by atoms with van der Waals surface area (Å²) >= 11 is 0. The molecule has 0 saturated heterocycles. The third kappa shape index (κ3) is 29.2. The molecule has 0 aromatic carbocycles. The van der Waals surface area contributed by atoms with Crippen LogP contribution in [0.2, 0.25) is 0 Å². The van der Waals surface area contributed by atoms with Crippen LogP contribution in [0.3, 0.4) is 0 Å². The molecule has 2 N–H and O–H groups in total. The molecule has 0 rings (SSSR count). The molecule has 2 amide bonds. The molecule has 0 radical (unpaired) electrons. The maximum Gasteiger partial charge on any atom is 0.220 e. The fraction of sp³-hybridized carbons (Fsp3) is 0.938. The standard InChI is InChI=1S/C32H64N2O2/c1-3-5-7-9-11-13-15-16-18-20-22-24-26-28-32(36)34-30-29-33-31(35)27-25-23-21-19-17-14-12-10-8-6-4-2/h3-30H2,1-2H3,(H,33,35)(H,34,36). The molecule has 214 valence electrons. The van der Waals surface area contributed by atoms with Gasteiger partial charge >= 0.3 is 0 Å². The molecule has 0 atom stereocenters. The van der Waals surface area contributed by atoms with Crippen LogP contribution >= 0.6 is 0 Å². The van der Waals surface area contributed by atoms with Crippen molar-refractivity contribution in [3.8, 4) is 0 Å². The van der Waals surface area contributed by atoms with E-state index in [0.717, 1.165) is 25.7 Å². The van der Waals surface area contributed by atoms with Gasteiger partial charge < -0.3 is 10.6 Å². The average Bonchev–Trinajstić information content (AvgIpc) is 2.88. The lowest BCUT2D eigenvalue weighted by atomic mass is 10.0. The van der Waals surface area contributed by atoms with E-state index in [9.17, 15) is 9.59 Å². The van der Waals surface area contributed by atoms with Crippen LogP contribution < -0.4 is 10.6 Å². The minimum Gasteiger partial charge on any atom is -0.354 e. The molecule has 0 aromatic rings. The third-order valence-electron chi connectivity index (χ3n) is 7.28. The zero-order valence-corrected chi connectivity index (χ0v) is 24.6. The Labute approximate surface area is 225 Å². The first-order valence-electron chi connectivity index (χ1n) is 16.2. The summed E-state index contributed by atoms with van der Waals surface area (Å²) in [4.78, 5) is 23.9. The Morgan fingerprint density at radius 1 is 0.361 bits per heavy atom. The Morgan fingerprint density at radius 3 is 0.833 bits per heavy atom. The van der Waals surface area contributed by atoms with E-state index < -0.39 is 0 Å². The average molecular weight is 509 g/mol. The van der Waals surface area contributed by atoms with Gasteiger partial charge in [0, 0.05) is 25.9 Å². The lowest BCUT2D eigenvalue weighted by Crippen LogP contribution is -2.34. The molecule has 0 saturated carbocycles. The number of amides is 2. The van der Waals surface area contributed by atoms with Gasteiger partial charge in [0.15, 0.2) is 0 Å². The molecule has 0 aliphatic carbocycles. The van der Waals surface area contributed by atoms with Crippen molar-refractivity contribution in [2.45, 2.75) is 181 Å². The first-order valence-corrected chi connectivity index (χ1v) is 16.2. The molecule has 0 aliphatic rings. The number of nitrogens with one attached hydrogen (secondary N) is 2. The van der Waals surface area contributed by atoms with Gasteiger partial charge in [-0.1, -0.05) is 155 Å². The Hall–Kier alpha value is -1.06. The van der Waals surface area contributed by atoms with Crippen LogP contribution in [0.5, 0.6) is 0 Å². The largest absolute Gasteiger partial charge is 0.354 e. The summed E-state index contributed by atoms with van der Waals surface area (Å²) in [5.74, 6) is 0.245. The van der Waals surface area contributed by atoms with Crippen molar-refractivity contribution in [1.29, 1.82) is 0 Å². The second-order valence-electron chi connectivity index (χ2n) is 11.0. The van der Waals surface area contributed by atoms with Gasteiger partial charge in [0.2, 0.25) is 11.8 Å². The Morgan fingerprint density at radius 2 is 0.583 bits per heavy atom. The van der Waals surface area contributed by atoms with Crippen LogP contribution in [0.15, 0.2) is 0 Å². The highest BCUT2D eigenvalue weighted by Crippen LogP contribution is 2.13. The first-order chi connectivity index (χ1) is 17.7. The van der Waals surface area contributed by atoms with Crippen LogP contribution in [-0.2, 0) is 9.59 Å². The van der Waals surface area contributed by atoms with Crippen LogP contribution in [0.1, 0.15) is 181 Å². The van der Waals surface area contributed by atoms with Crippen LogP contribution in [0.25, 0.3) is 0 Å². The number of unbranched alkanes of at least 4 members (excludes halogenated alkanes) is 22. The van der Waals surface area contributed by atoms with Gasteiger partial charge in [0.1, 0.15) is 0 Å². The summed E-state index contributed by atoms with van der Waals surface area (Å²) in [6, 6.07) is 0. The van der Waals surface area contributed by atoms with E-state index in [0.29, 0.717) is 25.9 Å². The molecule has 0 fully saturated rings. The Bertz CT molecular complexity index is 467. The van der Waals surface area contributed by atoms with Gasteiger partial charge in [-0.25, -0.2) is 0 Å². The van der Waals surface area contributed by atoms with Crippen LogP contribution in [0, 0.1) is 0 Å². The molecule has 0 aromatic heterocycles. The predicted molar refractivity (Wildman–Crippen MR) is 157 cm³/mol. The van der Waals surface area contributed by atoms with Crippen molar-refractivity contribution in [1.82, 2.24) is 10.6 Å². The summed E-state index contributed by atoms with van der Waals surface area (Å²) in [7, 11) is 0. The van der Waals surface area contributed by atoms with Crippen molar-refractivity contribution in [3.05, 3.63) is 0 Å². The second kappa shape index (κ2) is 30.2. The molecule has 4 nitrogen and oxygen atoms in total. The Balaban J connectivity index is 3.27. The number of carbonyl (C=O) groups excluding carboxylic acids is 2. The van der Waals surface area contributed by atoms with Crippen LogP contribution in [0.4, 0.5) is 0 Å². The minimum absolute atomic E-state index is 0.122. The topological polar surface area (TPSA) is 58.2 Å². The van der Waals surface area contributed by atoms with Gasteiger partial charge in [-0.2, -0.15) is 0 Å². The monoisotopic (exact) mass is 508 g/mol. The molecular formula is C32H64N2O2. The first kappa shape index (κ1) is 34.9. The van der Waals surface area contributed by atoms with Crippen molar-refractivity contribution < 1.29 is 9.59 Å². The van der Waals surface area contributed by atoms with Crippen molar-refractivity contribution in [3.63, 3.8) is 0 Å². The molecule has 0 bridgehead atoms. The van der Waals surface area contributed by atoms with Gasteiger partial charge in [-0.15, -0.1) is 0 Å². The van der Waals surface area contributed by atoms with Gasteiger partial charge in [0.25, 0.3) is 0 Å². The quantitative estimate of drug-likeness (QED) is 0.0988. The van der Waals surface area contributed by atoms with E-state index in [1.807, 2.05) is 0 Å².